The number of nitrogens with two attached hydrogens (primary N) is 1. The van der Waals surface area contributed by atoms with Crippen molar-refractivity contribution in [1.29, 1.82) is 0 Å². The van der Waals surface area contributed by atoms with E-state index in [2.05, 4.69) is 12.2 Å². The normalized spacial score (nSPS) is 23.6. The van der Waals surface area contributed by atoms with E-state index < -0.39 is 0 Å². The maximum absolute atomic E-state index is 12.4. The molecule has 0 spiro atoms. The number of ketones is 1. The molecule has 3 N–H and O–H groups in total. The maximum Gasteiger partial charge on any atom is 0.178 e. The first kappa shape index (κ1) is 12.7. The fourth-order valence-corrected chi connectivity index (χ4v) is 4.30. The molecular formula is C16H22N2OS. The molecule has 20 heavy (non-hydrogen) atoms. The molecule has 1 unspecified atom stereocenters. The van der Waals surface area contributed by atoms with Crippen molar-refractivity contribution >= 4 is 27.8 Å². The fourth-order valence-electron chi connectivity index (χ4n) is 2.98. The zero-order valence-corrected chi connectivity index (χ0v) is 12.8. The van der Waals surface area contributed by atoms with Gasteiger partial charge < -0.3 is 11.1 Å². The van der Waals surface area contributed by atoms with E-state index in [-0.39, 0.29) is 5.92 Å². The van der Waals surface area contributed by atoms with E-state index in [0.717, 1.165) is 29.3 Å². The first-order valence-corrected chi connectivity index (χ1v) is 8.69. The van der Waals surface area contributed by atoms with Crippen molar-refractivity contribution in [3.05, 3.63) is 10.4 Å². The summed E-state index contributed by atoms with van der Waals surface area (Å²) in [5.41, 5.74) is 8.38. The standard InChI is InChI=1S/C16H22N2OS/c1-8(9-2-3-9)18-16-12(10-4-5-10)13(17)15(20-16)14(19)11-6-7-11/h8-11,18H,2-7,17H2,1H3. The van der Waals surface area contributed by atoms with Gasteiger partial charge in [-0.05, 0) is 57.3 Å². The van der Waals surface area contributed by atoms with Crippen LogP contribution < -0.4 is 11.1 Å². The first-order chi connectivity index (χ1) is 9.65. The van der Waals surface area contributed by atoms with Gasteiger partial charge in [-0.15, -0.1) is 11.3 Å². The molecule has 3 saturated carbocycles. The van der Waals surface area contributed by atoms with Crippen molar-refractivity contribution in [2.45, 2.75) is 57.4 Å². The van der Waals surface area contributed by atoms with Crippen LogP contribution in [-0.2, 0) is 0 Å². The van der Waals surface area contributed by atoms with Crippen molar-refractivity contribution < 1.29 is 4.79 Å². The average molecular weight is 290 g/mol. The number of anilines is 2. The minimum Gasteiger partial charge on any atom is -0.397 e. The lowest BCUT2D eigenvalue weighted by molar-refractivity contribution is 0.0972. The lowest BCUT2D eigenvalue weighted by Crippen LogP contribution is -2.17. The molecule has 3 fully saturated rings. The Bertz CT molecular complexity index is 553. The summed E-state index contributed by atoms with van der Waals surface area (Å²) in [4.78, 5) is 13.2. The molecule has 1 heterocycles. The third-order valence-corrected chi connectivity index (χ3v) is 6.00. The Morgan fingerprint density at radius 2 is 1.95 bits per heavy atom. The van der Waals surface area contributed by atoms with Crippen LogP contribution in [0.4, 0.5) is 10.7 Å². The number of nitrogen functional groups attached to an aromatic ring is 1. The van der Waals surface area contributed by atoms with Gasteiger partial charge in [0, 0.05) is 17.5 Å². The van der Waals surface area contributed by atoms with Crippen LogP contribution in [0, 0.1) is 11.8 Å². The minimum absolute atomic E-state index is 0.261. The minimum atomic E-state index is 0.261. The molecule has 0 bridgehead atoms. The predicted molar refractivity (Wildman–Crippen MR) is 83.6 cm³/mol. The van der Waals surface area contributed by atoms with Crippen molar-refractivity contribution in [3.63, 3.8) is 0 Å². The van der Waals surface area contributed by atoms with E-state index in [9.17, 15) is 4.79 Å². The fraction of sp³-hybridized carbons (Fsp3) is 0.688. The summed E-state index contributed by atoms with van der Waals surface area (Å²) in [6, 6.07) is 0.509. The Balaban J connectivity index is 1.64. The van der Waals surface area contributed by atoms with Crippen LogP contribution >= 0.6 is 11.3 Å². The number of hydrogen-bond donors (Lipinski definition) is 2. The van der Waals surface area contributed by atoms with E-state index in [0.29, 0.717) is 17.7 Å². The lowest BCUT2D eigenvalue weighted by Gasteiger charge is -2.14. The van der Waals surface area contributed by atoms with Crippen LogP contribution in [0.2, 0.25) is 0 Å². The highest BCUT2D eigenvalue weighted by molar-refractivity contribution is 7.19. The second-order valence-electron chi connectivity index (χ2n) is 6.77. The molecule has 0 radical (unpaired) electrons. The molecule has 1 aromatic heterocycles. The van der Waals surface area contributed by atoms with Gasteiger partial charge in [0.25, 0.3) is 0 Å². The van der Waals surface area contributed by atoms with Gasteiger partial charge in [-0.2, -0.15) is 0 Å². The molecular weight excluding hydrogens is 268 g/mol. The van der Waals surface area contributed by atoms with Crippen LogP contribution in [0.1, 0.15) is 66.6 Å². The Morgan fingerprint density at radius 1 is 1.25 bits per heavy atom. The molecule has 4 rings (SSSR count). The predicted octanol–water partition coefficient (Wildman–Crippen LogP) is 4.01. The SMILES string of the molecule is CC(Nc1sc(C(=O)C2CC2)c(N)c1C1CC1)C1CC1. The number of carbonyl (C=O) groups excluding carboxylic acids is 1. The zero-order valence-electron chi connectivity index (χ0n) is 11.9. The molecule has 3 aliphatic carbocycles. The Hall–Kier alpha value is -1.03. The van der Waals surface area contributed by atoms with Gasteiger partial charge in [-0.3, -0.25) is 4.79 Å². The van der Waals surface area contributed by atoms with E-state index in [1.54, 1.807) is 11.3 Å². The summed E-state index contributed by atoms with van der Waals surface area (Å²) in [5, 5.41) is 4.84. The smallest absolute Gasteiger partial charge is 0.178 e. The van der Waals surface area contributed by atoms with Gasteiger partial charge in [0.1, 0.15) is 0 Å². The Labute approximate surface area is 123 Å². The highest BCUT2D eigenvalue weighted by Gasteiger charge is 2.38. The third kappa shape index (κ3) is 2.24. The van der Waals surface area contributed by atoms with Crippen LogP contribution in [0.25, 0.3) is 0 Å². The first-order valence-electron chi connectivity index (χ1n) is 7.88. The summed E-state index contributed by atoms with van der Waals surface area (Å²) < 4.78 is 0. The molecule has 0 amide bonds. The summed E-state index contributed by atoms with van der Waals surface area (Å²) in [5.74, 6) is 1.96. The maximum atomic E-state index is 12.4. The monoisotopic (exact) mass is 290 g/mol. The molecule has 1 atom stereocenters. The zero-order chi connectivity index (χ0) is 13.9. The summed E-state index contributed by atoms with van der Waals surface area (Å²) >= 11 is 1.62. The van der Waals surface area contributed by atoms with E-state index >= 15 is 0 Å². The largest absolute Gasteiger partial charge is 0.397 e. The van der Waals surface area contributed by atoms with Gasteiger partial charge in [-0.25, -0.2) is 0 Å². The van der Waals surface area contributed by atoms with Gasteiger partial charge >= 0.3 is 0 Å². The van der Waals surface area contributed by atoms with Crippen molar-refractivity contribution in [1.82, 2.24) is 0 Å². The van der Waals surface area contributed by atoms with Crippen molar-refractivity contribution in [2.75, 3.05) is 11.1 Å². The quantitative estimate of drug-likeness (QED) is 0.778. The highest BCUT2D eigenvalue weighted by Crippen LogP contribution is 2.52. The summed E-state index contributed by atoms with van der Waals surface area (Å²) in [6.07, 6.45) is 7.23. The van der Waals surface area contributed by atoms with Gasteiger partial charge in [0.05, 0.1) is 15.6 Å². The second-order valence-corrected chi connectivity index (χ2v) is 7.79. The third-order valence-electron chi connectivity index (χ3n) is 4.83. The molecule has 3 aliphatic rings. The van der Waals surface area contributed by atoms with Crippen molar-refractivity contribution in [2.24, 2.45) is 11.8 Å². The van der Waals surface area contributed by atoms with E-state index in [1.807, 2.05) is 0 Å². The average Bonchev–Trinajstić information content (AvgIpc) is 3.28. The number of nitrogens with one attached hydrogen (secondary N) is 1. The summed E-state index contributed by atoms with van der Waals surface area (Å²) in [6.45, 7) is 2.26. The Morgan fingerprint density at radius 3 is 2.50 bits per heavy atom. The van der Waals surface area contributed by atoms with Gasteiger partial charge in [0.2, 0.25) is 0 Å². The molecule has 0 aliphatic heterocycles. The second kappa shape index (κ2) is 4.48. The molecule has 3 nitrogen and oxygen atoms in total. The lowest BCUT2D eigenvalue weighted by atomic mass is 10.1. The number of rotatable bonds is 6. The number of thiophene rings is 1. The molecule has 108 valence electrons. The van der Waals surface area contributed by atoms with E-state index in [1.165, 1.54) is 36.2 Å². The van der Waals surface area contributed by atoms with Crippen LogP contribution in [0.3, 0.4) is 0 Å². The van der Waals surface area contributed by atoms with Gasteiger partial charge in [0.15, 0.2) is 5.78 Å². The van der Waals surface area contributed by atoms with Crippen LogP contribution in [0.15, 0.2) is 0 Å². The highest BCUT2D eigenvalue weighted by atomic mass is 32.1. The molecule has 0 aromatic carbocycles. The number of Topliss-reactive ketones (excluding diaryl/α,β-unsaturated/α-hetero) is 1. The van der Waals surface area contributed by atoms with E-state index in [4.69, 9.17) is 5.73 Å². The van der Waals surface area contributed by atoms with Crippen molar-refractivity contribution in [3.8, 4) is 0 Å². The molecule has 4 heteroatoms. The molecule has 0 saturated heterocycles. The Kier molecular flexibility index (Phi) is 2.85. The number of hydrogen-bond acceptors (Lipinski definition) is 4. The van der Waals surface area contributed by atoms with Crippen LogP contribution in [-0.4, -0.2) is 11.8 Å². The molecule has 1 aromatic rings. The number of carbonyl (C=O) groups is 1. The van der Waals surface area contributed by atoms with Gasteiger partial charge in [-0.1, -0.05) is 0 Å². The summed E-state index contributed by atoms with van der Waals surface area (Å²) in [7, 11) is 0. The van der Waals surface area contributed by atoms with Crippen LogP contribution in [0.5, 0.6) is 0 Å². The topological polar surface area (TPSA) is 55.1 Å².